The Balaban J connectivity index is 2.11. The molecule has 0 unspecified atom stereocenters. The van der Waals surface area contributed by atoms with Crippen molar-refractivity contribution < 1.29 is 14.5 Å². The van der Waals surface area contributed by atoms with Crippen LogP contribution in [0.4, 0.5) is 5.69 Å². The third-order valence-corrected chi connectivity index (χ3v) is 3.61. The summed E-state index contributed by atoms with van der Waals surface area (Å²) in [6.45, 7) is 1.68. The standard InChI is InChI=1S/C14H15ClN2O4/c1-21-9-10-4-6-16(7-5-10)14(18)11-2-3-13(17(19)20)12(15)8-11/h2-4,8H,5-7,9H2,1H3. The van der Waals surface area contributed by atoms with Crippen molar-refractivity contribution in [2.24, 2.45) is 0 Å². The van der Waals surface area contributed by atoms with Crippen LogP contribution in [0.5, 0.6) is 0 Å². The molecule has 0 atom stereocenters. The molecular weight excluding hydrogens is 296 g/mol. The summed E-state index contributed by atoms with van der Waals surface area (Å²) in [5, 5.41) is 10.7. The first-order chi connectivity index (χ1) is 10.0. The zero-order chi connectivity index (χ0) is 15.4. The molecule has 7 heteroatoms. The molecule has 1 amide bonds. The van der Waals surface area contributed by atoms with E-state index < -0.39 is 4.92 Å². The number of nitrogens with zero attached hydrogens (tertiary/aromatic N) is 2. The number of rotatable bonds is 4. The van der Waals surface area contributed by atoms with Gasteiger partial charge in [-0.2, -0.15) is 0 Å². The second kappa shape index (κ2) is 6.69. The van der Waals surface area contributed by atoms with Crippen molar-refractivity contribution in [2.45, 2.75) is 6.42 Å². The van der Waals surface area contributed by atoms with Crippen LogP contribution in [0.1, 0.15) is 16.8 Å². The number of hydrogen-bond donors (Lipinski definition) is 0. The lowest BCUT2D eigenvalue weighted by molar-refractivity contribution is -0.384. The Morgan fingerprint density at radius 3 is 2.81 bits per heavy atom. The highest BCUT2D eigenvalue weighted by Gasteiger charge is 2.21. The largest absolute Gasteiger partial charge is 0.380 e. The minimum absolute atomic E-state index is 0.0292. The lowest BCUT2D eigenvalue weighted by atomic mass is 10.1. The molecule has 0 N–H and O–H groups in total. The van der Waals surface area contributed by atoms with E-state index in [0.29, 0.717) is 25.3 Å². The molecule has 1 aromatic rings. The summed E-state index contributed by atoms with van der Waals surface area (Å²) >= 11 is 5.83. The molecule has 1 aromatic carbocycles. The predicted molar refractivity (Wildman–Crippen MR) is 78.6 cm³/mol. The maximum atomic E-state index is 12.3. The summed E-state index contributed by atoms with van der Waals surface area (Å²) in [6, 6.07) is 4.03. The molecule has 0 saturated heterocycles. The first kappa shape index (κ1) is 15.5. The van der Waals surface area contributed by atoms with E-state index in [1.54, 1.807) is 12.0 Å². The third kappa shape index (κ3) is 3.59. The molecule has 2 rings (SSSR count). The van der Waals surface area contributed by atoms with Gasteiger partial charge >= 0.3 is 0 Å². The second-order valence-electron chi connectivity index (χ2n) is 4.72. The average molecular weight is 311 g/mol. The van der Waals surface area contributed by atoms with Gasteiger partial charge in [-0.25, -0.2) is 0 Å². The van der Waals surface area contributed by atoms with Crippen LogP contribution < -0.4 is 0 Å². The summed E-state index contributed by atoms with van der Waals surface area (Å²) < 4.78 is 5.06. The number of carbonyl (C=O) groups is 1. The Morgan fingerprint density at radius 1 is 1.52 bits per heavy atom. The van der Waals surface area contributed by atoms with E-state index in [1.807, 2.05) is 6.08 Å². The topological polar surface area (TPSA) is 72.7 Å². The van der Waals surface area contributed by atoms with Crippen LogP contribution in [0.15, 0.2) is 29.8 Å². The molecule has 0 bridgehead atoms. The van der Waals surface area contributed by atoms with Crippen molar-refractivity contribution in [2.75, 3.05) is 26.8 Å². The van der Waals surface area contributed by atoms with Crippen LogP contribution >= 0.6 is 11.6 Å². The van der Waals surface area contributed by atoms with E-state index in [9.17, 15) is 14.9 Å². The number of amides is 1. The van der Waals surface area contributed by atoms with Gasteiger partial charge in [0.05, 0.1) is 11.5 Å². The highest BCUT2D eigenvalue weighted by Crippen LogP contribution is 2.26. The SMILES string of the molecule is COCC1=CCN(C(=O)c2ccc([N+](=O)[O-])c(Cl)c2)CC1. The molecule has 0 fully saturated rings. The van der Waals surface area contributed by atoms with E-state index in [4.69, 9.17) is 16.3 Å². The molecule has 0 aliphatic carbocycles. The fourth-order valence-corrected chi connectivity index (χ4v) is 2.43. The molecule has 1 aliphatic rings. The lowest BCUT2D eigenvalue weighted by Gasteiger charge is -2.26. The molecule has 0 spiro atoms. The van der Waals surface area contributed by atoms with E-state index in [1.165, 1.54) is 23.8 Å². The highest BCUT2D eigenvalue weighted by molar-refractivity contribution is 6.33. The number of nitro benzene ring substituents is 1. The minimum atomic E-state index is -0.572. The number of methoxy groups -OCH3 is 1. The van der Waals surface area contributed by atoms with E-state index in [2.05, 4.69) is 0 Å². The Labute approximate surface area is 127 Å². The lowest BCUT2D eigenvalue weighted by Crippen LogP contribution is -2.35. The van der Waals surface area contributed by atoms with Crippen molar-refractivity contribution in [3.05, 3.63) is 50.5 Å². The van der Waals surface area contributed by atoms with Crippen LogP contribution in [0.2, 0.25) is 5.02 Å². The normalized spacial score (nSPS) is 14.8. The summed E-state index contributed by atoms with van der Waals surface area (Å²) in [5.41, 5.74) is 1.33. The fourth-order valence-electron chi connectivity index (χ4n) is 2.18. The van der Waals surface area contributed by atoms with Crippen LogP contribution in [0.25, 0.3) is 0 Å². The minimum Gasteiger partial charge on any atom is -0.380 e. The van der Waals surface area contributed by atoms with Crippen molar-refractivity contribution in [3.63, 3.8) is 0 Å². The molecular formula is C14H15ClN2O4. The van der Waals surface area contributed by atoms with Crippen LogP contribution in [0, 0.1) is 10.1 Å². The Bertz CT molecular complexity index is 601. The summed E-state index contributed by atoms with van der Waals surface area (Å²) in [7, 11) is 1.64. The Kier molecular flexibility index (Phi) is 4.93. The van der Waals surface area contributed by atoms with Gasteiger partial charge < -0.3 is 9.64 Å². The monoisotopic (exact) mass is 310 g/mol. The van der Waals surface area contributed by atoms with E-state index in [-0.39, 0.29) is 16.6 Å². The predicted octanol–water partition coefficient (Wildman–Crippen LogP) is 2.67. The zero-order valence-electron chi connectivity index (χ0n) is 11.5. The number of halogens is 1. The highest BCUT2D eigenvalue weighted by atomic mass is 35.5. The van der Waals surface area contributed by atoms with Crippen LogP contribution in [0.3, 0.4) is 0 Å². The summed E-state index contributed by atoms with van der Waals surface area (Å²) in [5.74, 6) is -0.181. The molecule has 0 aromatic heterocycles. The first-order valence-electron chi connectivity index (χ1n) is 6.43. The second-order valence-corrected chi connectivity index (χ2v) is 5.13. The molecule has 0 radical (unpaired) electrons. The van der Waals surface area contributed by atoms with Gasteiger partial charge in [0.25, 0.3) is 11.6 Å². The van der Waals surface area contributed by atoms with E-state index >= 15 is 0 Å². The van der Waals surface area contributed by atoms with Gasteiger partial charge in [0.15, 0.2) is 0 Å². The zero-order valence-corrected chi connectivity index (χ0v) is 12.3. The number of ether oxygens (including phenoxy) is 1. The maximum absolute atomic E-state index is 12.3. The van der Waals surface area contributed by atoms with E-state index in [0.717, 1.165) is 6.42 Å². The number of hydrogen-bond acceptors (Lipinski definition) is 4. The quantitative estimate of drug-likeness (QED) is 0.487. The Hall–Kier alpha value is -1.92. The molecule has 21 heavy (non-hydrogen) atoms. The van der Waals surface area contributed by atoms with Gasteiger partial charge in [0, 0.05) is 31.8 Å². The van der Waals surface area contributed by atoms with Crippen molar-refractivity contribution in [3.8, 4) is 0 Å². The average Bonchev–Trinajstić information content (AvgIpc) is 2.47. The van der Waals surface area contributed by atoms with Gasteiger partial charge in [-0.05, 0) is 24.1 Å². The van der Waals surface area contributed by atoms with Crippen LogP contribution in [-0.2, 0) is 4.74 Å². The summed E-state index contributed by atoms with van der Waals surface area (Å²) in [4.78, 5) is 24.1. The van der Waals surface area contributed by atoms with Gasteiger partial charge in [-0.3, -0.25) is 14.9 Å². The Morgan fingerprint density at radius 2 is 2.29 bits per heavy atom. The van der Waals surface area contributed by atoms with Crippen LogP contribution in [-0.4, -0.2) is 42.5 Å². The maximum Gasteiger partial charge on any atom is 0.287 e. The van der Waals surface area contributed by atoms with Gasteiger partial charge in [0.1, 0.15) is 5.02 Å². The molecule has 6 nitrogen and oxygen atoms in total. The molecule has 1 aliphatic heterocycles. The third-order valence-electron chi connectivity index (χ3n) is 3.31. The molecule has 0 saturated carbocycles. The fraction of sp³-hybridized carbons (Fsp3) is 0.357. The number of benzene rings is 1. The summed E-state index contributed by atoms with van der Waals surface area (Å²) in [6.07, 6.45) is 2.73. The smallest absolute Gasteiger partial charge is 0.287 e. The number of carbonyl (C=O) groups excluding carboxylic acids is 1. The first-order valence-corrected chi connectivity index (χ1v) is 6.80. The van der Waals surface area contributed by atoms with Crippen molar-refractivity contribution in [1.29, 1.82) is 0 Å². The van der Waals surface area contributed by atoms with Crippen molar-refractivity contribution >= 4 is 23.2 Å². The molecule has 1 heterocycles. The molecule has 112 valence electrons. The number of nitro groups is 1. The van der Waals surface area contributed by atoms with Gasteiger partial charge in [0.2, 0.25) is 0 Å². The van der Waals surface area contributed by atoms with Gasteiger partial charge in [-0.15, -0.1) is 0 Å². The van der Waals surface area contributed by atoms with Crippen molar-refractivity contribution in [1.82, 2.24) is 4.90 Å². The van der Waals surface area contributed by atoms with Gasteiger partial charge in [-0.1, -0.05) is 17.7 Å².